The van der Waals surface area contributed by atoms with Gasteiger partial charge < -0.3 is 5.32 Å². The van der Waals surface area contributed by atoms with Crippen molar-refractivity contribution in [3.63, 3.8) is 0 Å². The number of aryl methyl sites for hydroxylation is 3. The molecule has 1 aromatic carbocycles. The molecule has 0 saturated carbocycles. The van der Waals surface area contributed by atoms with Crippen LogP contribution in [0.1, 0.15) is 48.8 Å². The van der Waals surface area contributed by atoms with E-state index in [1.54, 1.807) is 6.33 Å². The van der Waals surface area contributed by atoms with Crippen molar-refractivity contribution in [2.24, 2.45) is 11.3 Å². The second-order valence-corrected chi connectivity index (χ2v) is 9.74. The van der Waals surface area contributed by atoms with Crippen LogP contribution in [-0.4, -0.2) is 9.97 Å². The van der Waals surface area contributed by atoms with Crippen molar-refractivity contribution in [1.82, 2.24) is 9.97 Å². The van der Waals surface area contributed by atoms with E-state index in [9.17, 15) is 0 Å². The van der Waals surface area contributed by atoms with E-state index < -0.39 is 0 Å². The Morgan fingerprint density at radius 3 is 2.69 bits per heavy atom. The van der Waals surface area contributed by atoms with Gasteiger partial charge >= 0.3 is 0 Å². The zero-order valence-corrected chi connectivity index (χ0v) is 17.1. The molecular weight excluding hydrogens is 338 g/mol. The first kappa shape index (κ1) is 17.5. The quantitative estimate of drug-likeness (QED) is 0.587. The van der Waals surface area contributed by atoms with E-state index in [0.717, 1.165) is 28.7 Å². The van der Waals surface area contributed by atoms with Crippen LogP contribution in [0.3, 0.4) is 0 Å². The van der Waals surface area contributed by atoms with E-state index in [2.05, 4.69) is 68.1 Å². The minimum absolute atomic E-state index is 0.361. The summed E-state index contributed by atoms with van der Waals surface area (Å²) < 4.78 is 0. The van der Waals surface area contributed by atoms with Crippen molar-refractivity contribution in [3.8, 4) is 0 Å². The Morgan fingerprint density at radius 2 is 1.96 bits per heavy atom. The van der Waals surface area contributed by atoms with Gasteiger partial charge in [-0.2, -0.15) is 0 Å². The van der Waals surface area contributed by atoms with Crippen LogP contribution in [0.15, 0.2) is 24.5 Å². The van der Waals surface area contributed by atoms with Gasteiger partial charge in [0.05, 0.1) is 5.39 Å². The summed E-state index contributed by atoms with van der Waals surface area (Å²) in [5.41, 5.74) is 5.48. The highest BCUT2D eigenvalue weighted by atomic mass is 32.1. The largest absolute Gasteiger partial charge is 0.339 e. The molecule has 136 valence electrons. The summed E-state index contributed by atoms with van der Waals surface area (Å²) in [6.07, 6.45) is 5.24. The molecule has 4 rings (SSSR count). The summed E-state index contributed by atoms with van der Waals surface area (Å²) in [5.74, 6) is 1.69. The molecule has 0 saturated heterocycles. The van der Waals surface area contributed by atoms with Gasteiger partial charge in [-0.05, 0) is 61.6 Å². The van der Waals surface area contributed by atoms with Gasteiger partial charge in [-0.25, -0.2) is 9.97 Å². The fourth-order valence-corrected chi connectivity index (χ4v) is 5.29. The molecule has 0 amide bonds. The molecule has 0 aliphatic heterocycles. The van der Waals surface area contributed by atoms with E-state index in [-0.39, 0.29) is 0 Å². The predicted octanol–water partition coefficient (Wildman–Crippen LogP) is 6.20. The van der Waals surface area contributed by atoms with E-state index in [1.807, 2.05) is 11.3 Å². The Bertz CT molecular complexity index is 965. The van der Waals surface area contributed by atoms with Crippen LogP contribution in [0.5, 0.6) is 0 Å². The third-order valence-corrected chi connectivity index (χ3v) is 6.87. The van der Waals surface area contributed by atoms with Crippen LogP contribution in [0.25, 0.3) is 10.2 Å². The molecule has 0 spiro atoms. The van der Waals surface area contributed by atoms with Gasteiger partial charge in [0.15, 0.2) is 0 Å². The first-order valence-electron chi connectivity index (χ1n) is 9.42. The molecule has 0 bridgehead atoms. The highest BCUT2D eigenvalue weighted by Gasteiger charge is 2.31. The first-order chi connectivity index (χ1) is 12.3. The molecule has 4 heteroatoms. The summed E-state index contributed by atoms with van der Waals surface area (Å²) >= 11 is 1.86. The third-order valence-electron chi connectivity index (χ3n) is 5.71. The normalized spacial score (nSPS) is 17.3. The Hall–Kier alpha value is -1.94. The van der Waals surface area contributed by atoms with Crippen LogP contribution in [0.4, 0.5) is 11.5 Å². The number of nitrogens with one attached hydrogen (secondary N) is 1. The number of benzene rings is 1. The van der Waals surface area contributed by atoms with Crippen molar-refractivity contribution in [1.29, 1.82) is 0 Å². The summed E-state index contributed by atoms with van der Waals surface area (Å²) in [5, 5.41) is 4.81. The van der Waals surface area contributed by atoms with Crippen LogP contribution in [0, 0.1) is 25.2 Å². The van der Waals surface area contributed by atoms with E-state index in [1.165, 1.54) is 39.8 Å². The Balaban J connectivity index is 1.75. The van der Waals surface area contributed by atoms with Gasteiger partial charge in [-0.1, -0.05) is 38.5 Å². The van der Waals surface area contributed by atoms with Gasteiger partial charge in [0.1, 0.15) is 17.0 Å². The smallest absolute Gasteiger partial charge is 0.142 e. The first-order valence-corrected chi connectivity index (χ1v) is 10.2. The molecule has 2 heterocycles. The molecule has 3 aromatic rings. The second-order valence-electron chi connectivity index (χ2n) is 8.66. The van der Waals surface area contributed by atoms with Gasteiger partial charge in [-0.15, -0.1) is 11.3 Å². The summed E-state index contributed by atoms with van der Waals surface area (Å²) in [4.78, 5) is 11.8. The monoisotopic (exact) mass is 365 g/mol. The van der Waals surface area contributed by atoms with Crippen molar-refractivity contribution in [3.05, 3.63) is 46.1 Å². The molecule has 1 aliphatic rings. The fraction of sp³-hybridized carbons (Fsp3) is 0.455. The maximum absolute atomic E-state index is 4.60. The van der Waals surface area contributed by atoms with Crippen molar-refractivity contribution < 1.29 is 0 Å². The van der Waals surface area contributed by atoms with Crippen LogP contribution in [-0.2, 0) is 12.8 Å². The lowest BCUT2D eigenvalue weighted by Crippen LogP contribution is -2.26. The minimum atomic E-state index is 0.361. The minimum Gasteiger partial charge on any atom is -0.339 e. The number of hydrogen-bond acceptors (Lipinski definition) is 4. The molecule has 26 heavy (non-hydrogen) atoms. The molecule has 0 radical (unpaired) electrons. The number of nitrogens with zero attached hydrogens (tertiary/aromatic N) is 2. The summed E-state index contributed by atoms with van der Waals surface area (Å²) in [7, 11) is 0. The average molecular weight is 366 g/mol. The molecule has 1 atom stereocenters. The number of fused-ring (bicyclic) bond motifs is 3. The number of hydrogen-bond donors (Lipinski definition) is 1. The fourth-order valence-electron chi connectivity index (χ4n) is 4.03. The van der Waals surface area contributed by atoms with Crippen molar-refractivity contribution in [2.75, 3.05) is 5.32 Å². The molecule has 1 unspecified atom stereocenters. The maximum Gasteiger partial charge on any atom is 0.142 e. The standard InChI is InChI=1S/C22H27N3S/c1-13-6-9-17(14(2)10-13)25-20-19-16-8-7-15(22(3,4)5)11-18(16)26-21(19)24-12-23-20/h6,9-10,12,15H,7-8,11H2,1-5H3,(H,23,24,25). The highest BCUT2D eigenvalue weighted by Crippen LogP contribution is 2.44. The van der Waals surface area contributed by atoms with Crippen molar-refractivity contribution >= 4 is 33.1 Å². The number of anilines is 2. The number of thiophene rings is 1. The zero-order valence-electron chi connectivity index (χ0n) is 16.3. The topological polar surface area (TPSA) is 37.8 Å². The molecule has 3 nitrogen and oxygen atoms in total. The Kier molecular flexibility index (Phi) is 4.26. The molecule has 0 fully saturated rings. The Labute approximate surface area is 159 Å². The SMILES string of the molecule is Cc1ccc(Nc2ncnc3sc4c(c23)CCC(C(C)(C)C)C4)c(C)c1. The molecule has 2 aromatic heterocycles. The second kappa shape index (κ2) is 6.34. The van der Waals surface area contributed by atoms with E-state index in [0.29, 0.717) is 5.41 Å². The lowest BCUT2D eigenvalue weighted by atomic mass is 9.72. The zero-order chi connectivity index (χ0) is 18.5. The number of aromatic nitrogens is 2. The van der Waals surface area contributed by atoms with E-state index in [4.69, 9.17) is 0 Å². The average Bonchev–Trinajstić information content (AvgIpc) is 2.95. The van der Waals surface area contributed by atoms with Crippen molar-refractivity contribution in [2.45, 2.75) is 53.9 Å². The van der Waals surface area contributed by atoms with Crippen LogP contribution in [0.2, 0.25) is 0 Å². The lowest BCUT2D eigenvalue weighted by Gasteiger charge is -2.33. The lowest BCUT2D eigenvalue weighted by molar-refractivity contribution is 0.218. The van der Waals surface area contributed by atoms with Crippen LogP contribution >= 0.6 is 11.3 Å². The van der Waals surface area contributed by atoms with Crippen LogP contribution < -0.4 is 5.32 Å². The summed E-state index contributed by atoms with van der Waals surface area (Å²) in [6.45, 7) is 11.4. The van der Waals surface area contributed by atoms with Gasteiger partial charge in [0.25, 0.3) is 0 Å². The van der Waals surface area contributed by atoms with Gasteiger partial charge in [0.2, 0.25) is 0 Å². The molecular formula is C22H27N3S. The molecule has 1 aliphatic carbocycles. The number of rotatable bonds is 2. The maximum atomic E-state index is 4.60. The molecule has 1 N–H and O–H groups in total. The van der Waals surface area contributed by atoms with Gasteiger partial charge in [-0.3, -0.25) is 0 Å². The summed E-state index contributed by atoms with van der Waals surface area (Å²) in [6, 6.07) is 6.50. The predicted molar refractivity (Wildman–Crippen MR) is 112 cm³/mol. The third kappa shape index (κ3) is 3.11. The Morgan fingerprint density at radius 1 is 1.15 bits per heavy atom. The highest BCUT2D eigenvalue weighted by molar-refractivity contribution is 7.19. The van der Waals surface area contributed by atoms with E-state index >= 15 is 0 Å². The van der Waals surface area contributed by atoms with Gasteiger partial charge in [0, 0.05) is 10.6 Å².